The number of fused-ring (bicyclic) bond motifs is 3. The Morgan fingerprint density at radius 3 is 2.57 bits per heavy atom. The van der Waals surface area contributed by atoms with Gasteiger partial charge in [-0.05, 0) is 104 Å². The highest BCUT2D eigenvalue weighted by Gasteiger charge is 2.59. The van der Waals surface area contributed by atoms with Gasteiger partial charge in [0.15, 0.2) is 0 Å². The van der Waals surface area contributed by atoms with Crippen molar-refractivity contribution >= 4 is 0 Å². The highest BCUT2D eigenvalue weighted by molar-refractivity contribution is 5.41. The molecule has 3 aromatic rings. The Labute approximate surface area is 220 Å². The molecule has 2 saturated carbocycles. The zero-order chi connectivity index (χ0) is 25.6. The first-order valence-electron chi connectivity index (χ1n) is 14.1. The van der Waals surface area contributed by atoms with Gasteiger partial charge >= 0.3 is 0 Å². The Morgan fingerprint density at radius 1 is 1.05 bits per heavy atom. The summed E-state index contributed by atoms with van der Waals surface area (Å²) in [6.07, 6.45) is 9.37. The maximum atomic E-state index is 13.7. The minimum absolute atomic E-state index is 0.222. The molecule has 2 fully saturated rings. The SMILES string of the molecule is CC12CCC(C1)C(C)(C)C2NOCc1nn(-c2ccc(F)cc2)c2c1CCCC2CCc1ccccc1. The summed E-state index contributed by atoms with van der Waals surface area (Å²) in [5.41, 5.74) is 9.99. The van der Waals surface area contributed by atoms with Crippen molar-refractivity contribution in [2.24, 2.45) is 16.7 Å². The summed E-state index contributed by atoms with van der Waals surface area (Å²) in [6.45, 7) is 7.66. The molecule has 5 heteroatoms. The maximum Gasteiger partial charge on any atom is 0.123 e. The number of rotatable bonds is 8. The van der Waals surface area contributed by atoms with Crippen molar-refractivity contribution in [3.8, 4) is 5.69 Å². The van der Waals surface area contributed by atoms with Crippen LogP contribution in [0.2, 0.25) is 0 Å². The molecule has 0 aliphatic heterocycles. The number of aryl methyl sites for hydroxylation is 1. The van der Waals surface area contributed by atoms with Gasteiger partial charge in [-0.25, -0.2) is 9.07 Å². The molecule has 0 spiro atoms. The Balaban J connectivity index is 1.25. The molecular formula is C32H40FN3O. The molecule has 3 aliphatic carbocycles. The van der Waals surface area contributed by atoms with Crippen molar-refractivity contribution in [1.29, 1.82) is 0 Å². The number of hydrogen-bond acceptors (Lipinski definition) is 3. The van der Waals surface area contributed by atoms with Crippen LogP contribution in [-0.4, -0.2) is 15.8 Å². The minimum Gasteiger partial charge on any atom is -0.295 e. The molecule has 0 amide bonds. The number of hydroxylamine groups is 1. The maximum absolute atomic E-state index is 13.7. The first-order chi connectivity index (χ1) is 17.8. The lowest BCUT2D eigenvalue weighted by Crippen LogP contribution is -2.50. The lowest BCUT2D eigenvalue weighted by atomic mass is 9.69. The van der Waals surface area contributed by atoms with Gasteiger partial charge in [0.1, 0.15) is 12.4 Å². The van der Waals surface area contributed by atoms with E-state index in [4.69, 9.17) is 9.94 Å². The van der Waals surface area contributed by atoms with Crippen LogP contribution < -0.4 is 5.48 Å². The highest BCUT2D eigenvalue weighted by Crippen LogP contribution is 2.62. The van der Waals surface area contributed by atoms with E-state index in [1.165, 1.54) is 48.2 Å². The molecule has 1 heterocycles. The fourth-order valence-corrected chi connectivity index (χ4v) is 7.82. The third-order valence-corrected chi connectivity index (χ3v) is 9.85. The molecule has 2 bridgehead atoms. The van der Waals surface area contributed by atoms with Crippen molar-refractivity contribution in [3.63, 3.8) is 0 Å². The van der Waals surface area contributed by atoms with Crippen molar-refractivity contribution in [1.82, 2.24) is 15.3 Å². The molecule has 37 heavy (non-hydrogen) atoms. The van der Waals surface area contributed by atoms with Crippen molar-refractivity contribution < 1.29 is 9.23 Å². The van der Waals surface area contributed by atoms with Gasteiger partial charge in [-0.3, -0.25) is 4.84 Å². The van der Waals surface area contributed by atoms with Crippen LogP contribution in [0.4, 0.5) is 4.39 Å². The second-order valence-corrected chi connectivity index (χ2v) is 12.6. The Hall–Kier alpha value is -2.50. The smallest absolute Gasteiger partial charge is 0.123 e. The Kier molecular flexibility index (Phi) is 6.48. The van der Waals surface area contributed by atoms with Gasteiger partial charge < -0.3 is 0 Å². The van der Waals surface area contributed by atoms with Gasteiger partial charge in [0, 0.05) is 12.0 Å². The fraction of sp³-hybridized carbons (Fsp3) is 0.531. The van der Waals surface area contributed by atoms with E-state index >= 15 is 0 Å². The van der Waals surface area contributed by atoms with E-state index in [0.29, 0.717) is 24.0 Å². The number of halogens is 1. The summed E-state index contributed by atoms with van der Waals surface area (Å²) in [4.78, 5) is 6.27. The highest BCUT2D eigenvalue weighted by atomic mass is 19.1. The lowest BCUT2D eigenvalue weighted by Gasteiger charge is -2.42. The number of benzene rings is 2. The monoisotopic (exact) mass is 501 g/mol. The van der Waals surface area contributed by atoms with E-state index in [0.717, 1.165) is 49.4 Å². The predicted octanol–water partition coefficient (Wildman–Crippen LogP) is 7.30. The summed E-state index contributed by atoms with van der Waals surface area (Å²) >= 11 is 0. The summed E-state index contributed by atoms with van der Waals surface area (Å²) in [7, 11) is 0. The molecule has 196 valence electrons. The molecule has 4 atom stereocenters. The second kappa shape index (κ2) is 9.67. The average molecular weight is 502 g/mol. The van der Waals surface area contributed by atoms with Gasteiger partial charge in [0.25, 0.3) is 0 Å². The van der Waals surface area contributed by atoms with Crippen LogP contribution in [0.25, 0.3) is 5.69 Å². The van der Waals surface area contributed by atoms with E-state index in [2.05, 4.69) is 61.3 Å². The molecule has 2 aromatic carbocycles. The van der Waals surface area contributed by atoms with Gasteiger partial charge in [-0.2, -0.15) is 10.6 Å². The lowest BCUT2D eigenvalue weighted by molar-refractivity contribution is -0.0618. The largest absolute Gasteiger partial charge is 0.295 e. The molecule has 0 saturated heterocycles. The first-order valence-corrected chi connectivity index (χ1v) is 14.1. The van der Waals surface area contributed by atoms with Gasteiger partial charge in [-0.1, -0.05) is 51.1 Å². The third kappa shape index (κ3) is 4.55. The molecule has 6 rings (SSSR count). The van der Waals surface area contributed by atoms with Crippen LogP contribution in [0.15, 0.2) is 54.6 Å². The summed E-state index contributed by atoms with van der Waals surface area (Å²) < 4.78 is 15.8. The quantitative estimate of drug-likeness (QED) is 0.329. The molecule has 1 N–H and O–H groups in total. The van der Waals surface area contributed by atoms with Crippen LogP contribution in [0.3, 0.4) is 0 Å². The van der Waals surface area contributed by atoms with Crippen LogP contribution in [0.5, 0.6) is 0 Å². The van der Waals surface area contributed by atoms with Gasteiger partial charge in [0.05, 0.1) is 17.1 Å². The second-order valence-electron chi connectivity index (χ2n) is 12.6. The van der Waals surface area contributed by atoms with Crippen molar-refractivity contribution in [2.45, 2.75) is 90.7 Å². The van der Waals surface area contributed by atoms with Gasteiger partial charge in [-0.15, -0.1) is 0 Å². The minimum atomic E-state index is -0.222. The average Bonchev–Trinajstić information content (AvgIpc) is 3.53. The molecule has 3 aliphatic rings. The molecule has 4 unspecified atom stereocenters. The van der Waals surface area contributed by atoms with Crippen molar-refractivity contribution in [2.75, 3.05) is 0 Å². The third-order valence-electron chi connectivity index (χ3n) is 9.85. The fourth-order valence-electron chi connectivity index (χ4n) is 7.82. The summed E-state index contributed by atoms with van der Waals surface area (Å²) in [5.74, 6) is 0.973. The molecule has 1 aromatic heterocycles. The van der Waals surface area contributed by atoms with E-state index in [1.54, 1.807) is 0 Å². The number of nitrogens with zero attached hydrogens (tertiary/aromatic N) is 2. The zero-order valence-electron chi connectivity index (χ0n) is 22.5. The van der Waals surface area contributed by atoms with Crippen LogP contribution >= 0.6 is 0 Å². The molecule has 4 nitrogen and oxygen atoms in total. The topological polar surface area (TPSA) is 39.1 Å². The van der Waals surface area contributed by atoms with Crippen LogP contribution in [0, 0.1) is 22.6 Å². The number of hydrogen-bond donors (Lipinski definition) is 1. The summed E-state index contributed by atoms with van der Waals surface area (Å²) in [5, 5.41) is 5.09. The summed E-state index contributed by atoms with van der Waals surface area (Å²) in [6, 6.07) is 17.8. The zero-order valence-corrected chi connectivity index (χ0v) is 22.5. The first kappa shape index (κ1) is 24.8. The van der Waals surface area contributed by atoms with E-state index in [-0.39, 0.29) is 11.2 Å². The number of aromatic nitrogens is 2. The van der Waals surface area contributed by atoms with Crippen LogP contribution in [-0.2, 0) is 24.3 Å². The standard InChI is InChI=1S/C32H40FN3O/c1-31(2)24-18-19-32(3,20-24)30(31)35-37-21-28-27-11-7-10-23(13-12-22-8-5-4-6-9-22)29(27)36(34-28)26-16-14-25(33)15-17-26/h4-6,8-9,14-17,23-24,30,35H,7,10-13,18-21H2,1-3H3. The van der Waals surface area contributed by atoms with E-state index < -0.39 is 0 Å². The van der Waals surface area contributed by atoms with E-state index in [1.807, 2.05) is 12.1 Å². The Morgan fingerprint density at radius 2 is 1.84 bits per heavy atom. The van der Waals surface area contributed by atoms with Gasteiger partial charge in [0.2, 0.25) is 0 Å². The molecular weight excluding hydrogens is 461 g/mol. The number of nitrogens with one attached hydrogen (secondary N) is 1. The molecule has 0 radical (unpaired) electrons. The van der Waals surface area contributed by atoms with Crippen molar-refractivity contribution in [3.05, 3.63) is 82.9 Å². The predicted molar refractivity (Wildman–Crippen MR) is 145 cm³/mol. The van der Waals surface area contributed by atoms with Crippen LogP contribution in [0.1, 0.15) is 87.7 Å². The Bertz CT molecular complexity index is 1230. The van der Waals surface area contributed by atoms with E-state index in [9.17, 15) is 4.39 Å². The normalized spacial score (nSPS) is 27.9.